The summed E-state index contributed by atoms with van der Waals surface area (Å²) in [6.07, 6.45) is 0.617. The van der Waals surface area contributed by atoms with Crippen LogP contribution >= 0.6 is 0 Å². The predicted molar refractivity (Wildman–Crippen MR) is 82.9 cm³/mol. The lowest BCUT2D eigenvalue weighted by atomic mass is 10.1. The van der Waals surface area contributed by atoms with E-state index in [-0.39, 0.29) is 18.3 Å². The maximum atomic E-state index is 11.3. The van der Waals surface area contributed by atoms with E-state index in [1.165, 1.54) is 0 Å². The molecule has 0 amide bonds. The van der Waals surface area contributed by atoms with Crippen molar-refractivity contribution < 1.29 is 15.0 Å². The molecule has 2 aromatic rings. The number of carboxylic acids is 1. The minimum Gasteiger partial charge on any atom is -0.477 e. The molecule has 2 N–H and O–H groups in total. The predicted octanol–water partition coefficient (Wildman–Crippen LogP) is 2.53. The van der Waals surface area contributed by atoms with Crippen LogP contribution in [-0.2, 0) is 0 Å². The Morgan fingerprint density at radius 3 is 2.67 bits per heavy atom. The first kappa shape index (κ1) is 15.3. The van der Waals surface area contributed by atoms with E-state index in [2.05, 4.69) is 4.98 Å². The van der Waals surface area contributed by atoms with Crippen molar-refractivity contribution in [1.29, 1.82) is 0 Å². The Morgan fingerprint density at radius 1 is 1.33 bits per heavy atom. The third-order valence-corrected chi connectivity index (χ3v) is 3.39. The van der Waals surface area contributed by atoms with E-state index in [1.54, 1.807) is 6.07 Å². The lowest BCUT2D eigenvalue weighted by molar-refractivity contribution is 0.0690. The van der Waals surface area contributed by atoms with Gasteiger partial charge in [0.2, 0.25) is 0 Å². The fourth-order valence-corrected chi connectivity index (χ4v) is 2.36. The molecular formula is C16H20N2O3. The third-order valence-electron chi connectivity index (χ3n) is 3.39. The van der Waals surface area contributed by atoms with Crippen molar-refractivity contribution >= 4 is 22.6 Å². The topological polar surface area (TPSA) is 73.7 Å². The second kappa shape index (κ2) is 6.54. The van der Waals surface area contributed by atoms with Gasteiger partial charge in [-0.15, -0.1) is 0 Å². The Kier molecular flexibility index (Phi) is 4.75. The van der Waals surface area contributed by atoms with E-state index in [0.717, 1.165) is 10.8 Å². The summed E-state index contributed by atoms with van der Waals surface area (Å²) in [6, 6.07) is 9.38. The quantitative estimate of drug-likeness (QED) is 0.854. The molecule has 2 rings (SSSR count). The van der Waals surface area contributed by atoms with Crippen molar-refractivity contribution in [1.82, 2.24) is 4.98 Å². The number of aliphatic hydroxyl groups excluding tert-OH is 1. The Bertz CT molecular complexity index is 640. The van der Waals surface area contributed by atoms with E-state index in [1.807, 2.05) is 43.0 Å². The highest BCUT2D eigenvalue weighted by molar-refractivity contribution is 5.98. The van der Waals surface area contributed by atoms with Crippen LogP contribution in [0.2, 0.25) is 0 Å². The van der Waals surface area contributed by atoms with E-state index in [4.69, 9.17) is 5.11 Å². The summed E-state index contributed by atoms with van der Waals surface area (Å²) < 4.78 is 0. The van der Waals surface area contributed by atoms with Crippen LogP contribution < -0.4 is 4.90 Å². The highest BCUT2D eigenvalue weighted by Gasteiger charge is 2.18. The normalized spacial score (nSPS) is 11.0. The number of aliphatic hydroxyl groups is 1. The zero-order valence-corrected chi connectivity index (χ0v) is 12.3. The van der Waals surface area contributed by atoms with E-state index < -0.39 is 5.97 Å². The van der Waals surface area contributed by atoms with Crippen molar-refractivity contribution in [2.24, 2.45) is 0 Å². The monoisotopic (exact) mass is 288 g/mol. The van der Waals surface area contributed by atoms with E-state index in [0.29, 0.717) is 18.8 Å². The number of carboxylic acid groups (broad SMARTS) is 1. The highest BCUT2D eigenvalue weighted by atomic mass is 16.4. The molecule has 1 aromatic heterocycles. The lowest BCUT2D eigenvalue weighted by Gasteiger charge is -2.29. The number of fused-ring (bicyclic) bond motifs is 1. The Balaban J connectivity index is 2.60. The number of hydrogen-bond donors (Lipinski definition) is 2. The van der Waals surface area contributed by atoms with Crippen LogP contribution in [-0.4, -0.2) is 40.4 Å². The number of anilines is 1. The number of carbonyl (C=O) groups is 1. The number of nitrogens with zero attached hydrogens (tertiary/aromatic N) is 2. The number of hydrogen-bond acceptors (Lipinski definition) is 4. The summed E-state index contributed by atoms with van der Waals surface area (Å²) in [4.78, 5) is 17.6. The molecule has 1 heterocycles. The first-order chi connectivity index (χ1) is 10.0. The van der Waals surface area contributed by atoms with Gasteiger partial charge in [-0.3, -0.25) is 0 Å². The summed E-state index contributed by atoms with van der Waals surface area (Å²) in [5, 5.41) is 20.1. The van der Waals surface area contributed by atoms with Crippen LogP contribution in [0.1, 0.15) is 30.8 Å². The number of aromatic nitrogens is 1. The van der Waals surface area contributed by atoms with E-state index >= 15 is 0 Å². The summed E-state index contributed by atoms with van der Waals surface area (Å²) in [7, 11) is 0. The molecule has 21 heavy (non-hydrogen) atoms. The van der Waals surface area contributed by atoms with Gasteiger partial charge in [0.25, 0.3) is 0 Å². The summed E-state index contributed by atoms with van der Waals surface area (Å²) in [5.74, 6) is -0.373. The van der Waals surface area contributed by atoms with Crippen molar-refractivity contribution in [3.63, 3.8) is 0 Å². The Labute approximate surface area is 123 Å². The zero-order valence-electron chi connectivity index (χ0n) is 12.3. The molecule has 0 saturated heterocycles. The molecule has 0 aliphatic carbocycles. The first-order valence-corrected chi connectivity index (χ1v) is 7.05. The van der Waals surface area contributed by atoms with Crippen LogP contribution in [0.3, 0.4) is 0 Å². The van der Waals surface area contributed by atoms with Crippen molar-refractivity contribution in [2.75, 3.05) is 18.1 Å². The van der Waals surface area contributed by atoms with Gasteiger partial charge in [-0.25, -0.2) is 9.78 Å². The number of benzene rings is 1. The van der Waals surface area contributed by atoms with Gasteiger partial charge in [-0.05, 0) is 31.7 Å². The maximum absolute atomic E-state index is 11.3. The molecule has 5 nitrogen and oxygen atoms in total. The fraction of sp³-hybridized carbons (Fsp3) is 0.375. The molecule has 0 bridgehead atoms. The molecule has 0 saturated carbocycles. The number of rotatable bonds is 6. The lowest BCUT2D eigenvalue weighted by Crippen LogP contribution is -2.33. The molecule has 0 aliphatic rings. The molecule has 112 valence electrons. The van der Waals surface area contributed by atoms with Gasteiger partial charge in [0.15, 0.2) is 5.69 Å². The average Bonchev–Trinajstić information content (AvgIpc) is 2.46. The first-order valence-electron chi connectivity index (χ1n) is 7.05. The van der Waals surface area contributed by atoms with Gasteiger partial charge < -0.3 is 15.1 Å². The summed E-state index contributed by atoms with van der Waals surface area (Å²) in [5.41, 5.74) is 0.0401. The highest BCUT2D eigenvalue weighted by Crippen LogP contribution is 2.27. The second-order valence-electron chi connectivity index (χ2n) is 5.22. The van der Waals surface area contributed by atoms with Crippen molar-refractivity contribution in [3.05, 3.63) is 36.0 Å². The third kappa shape index (κ3) is 3.31. The molecule has 0 aliphatic heterocycles. The average molecular weight is 288 g/mol. The minimum absolute atomic E-state index is 0.0401. The van der Waals surface area contributed by atoms with Crippen LogP contribution in [0.4, 0.5) is 5.82 Å². The van der Waals surface area contributed by atoms with E-state index in [9.17, 15) is 9.90 Å². The molecule has 0 fully saturated rings. The van der Waals surface area contributed by atoms with Gasteiger partial charge in [-0.2, -0.15) is 0 Å². The maximum Gasteiger partial charge on any atom is 0.354 e. The van der Waals surface area contributed by atoms with Gasteiger partial charge in [0.05, 0.1) is 0 Å². The van der Waals surface area contributed by atoms with Gasteiger partial charge >= 0.3 is 5.97 Å². The SMILES string of the molecule is CC(C)N(CCCO)c1nc(C(=O)O)cc2ccccc12. The molecule has 0 unspecified atom stereocenters. The fourth-order valence-electron chi connectivity index (χ4n) is 2.36. The van der Waals surface area contributed by atoms with Crippen LogP contribution in [0.15, 0.2) is 30.3 Å². The summed E-state index contributed by atoms with van der Waals surface area (Å²) in [6.45, 7) is 4.79. The van der Waals surface area contributed by atoms with Gasteiger partial charge in [0, 0.05) is 24.6 Å². The van der Waals surface area contributed by atoms with Gasteiger partial charge in [0.1, 0.15) is 5.82 Å². The zero-order chi connectivity index (χ0) is 15.4. The van der Waals surface area contributed by atoms with Crippen LogP contribution in [0, 0.1) is 0 Å². The second-order valence-corrected chi connectivity index (χ2v) is 5.22. The van der Waals surface area contributed by atoms with Crippen molar-refractivity contribution in [2.45, 2.75) is 26.3 Å². The summed E-state index contributed by atoms with van der Waals surface area (Å²) >= 11 is 0. The number of aromatic carboxylic acids is 1. The molecule has 1 aromatic carbocycles. The van der Waals surface area contributed by atoms with Crippen LogP contribution in [0.25, 0.3) is 10.8 Å². The molecule has 0 radical (unpaired) electrons. The Morgan fingerprint density at radius 2 is 2.05 bits per heavy atom. The van der Waals surface area contributed by atoms with Gasteiger partial charge in [-0.1, -0.05) is 24.3 Å². The van der Waals surface area contributed by atoms with Crippen molar-refractivity contribution in [3.8, 4) is 0 Å². The standard InChI is InChI=1S/C16H20N2O3/c1-11(2)18(8-5-9-19)15-13-7-4-3-6-12(13)10-14(17-15)16(20)21/h3-4,6-7,10-11,19H,5,8-9H2,1-2H3,(H,20,21). The Hall–Kier alpha value is -2.14. The minimum atomic E-state index is -1.03. The largest absolute Gasteiger partial charge is 0.477 e. The van der Waals surface area contributed by atoms with Crippen LogP contribution in [0.5, 0.6) is 0 Å². The molecule has 5 heteroatoms. The smallest absolute Gasteiger partial charge is 0.354 e. The number of pyridine rings is 1. The molecular weight excluding hydrogens is 268 g/mol. The molecule has 0 spiro atoms. The molecule has 0 atom stereocenters.